The molecule has 1 amide bonds. The van der Waals surface area contributed by atoms with Crippen LogP contribution in [0.25, 0.3) is 0 Å². The van der Waals surface area contributed by atoms with Gasteiger partial charge in [0.25, 0.3) is 5.91 Å². The Kier molecular flexibility index (Phi) is 5.25. The number of aromatic nitrogens is 2. The van der Waals surface area contributed by atoms with Crippen LogP contribution in [0, 0.1) is 0 Å². The van der Waals surface area contributed by atoms with Gasteiger partial charge in [-0.25, -0.2) is 0 Å². The van der Waals surface area contributed by atoms with E-state index in [2.05, 4.69) is 41.2 Å². The number of amides is 1. The molecule has 2 aliphatic rings. The lowest BCUT2D eigenvalue weighted by atomic mass is 9.89. The van der Waals surface area contributed by atoms with Gasteiger partial charge in [-0.1, -0.05) is 31.2 Å². The number of piperidine rings is 1. The summed E-state index contributed by atoms with van der Waals surface area (Å²) in [6, 6.07) is 10.6. The van der Waals surface area contributed by atoms with Gasteiger partial charge in [0.15, 0.2) is 5.69 Å². The Morgan fingerprint density at radius 2 is 1.93 bits per heavy atom. The molecule has 6 nitrogen and oxygen atoms in total. The lowest BCUT2D eigenvalue weighted by molar-refractivity contribution is -0.124. The Morgan fingerprint density at radius 1 is 1.21 bits per heavy atom. The highest BCUT2D eigenvalue weighted by atomic mass is 16.5. The predicted molar refractivity (Wildman–Crippen MR) is 108 cm³/mol. The number of fused-ring (bicyclic) bond motifs is 1. The van der Waals surface area contributed by atoms with E-state index in [1.54, 1.807) is 19.0 Å². The van der Waals surface area contributed by atoms with Crippen LogP contribution < -0.4 is 0 Å². The van der Waals surface area contributed by atoms with E-state index < -0.39 is 0 Å². The zero-order chi connectivity index (χ0) is 19.7. The van der Waals surface area contributed by atoms with Crippen LogP contribution in [0.3, 0.4) is 0 Å². The van der Waals surface area contributed by atoms with Crippen LogP contribution in [-0.2, 0) is 30.9 Å². The molecule has 1 aromatic heterocycles. The molecule has 0 saturated carbocycles. The molecule has 1 spiro atoms. The predicted octanol–water partition coefficient (Wildman–Crippen LogP) is 2.71. The van der Waals surface area contributed by atoms with Gasteiger partial charge in [-0.3, -0.25) is 14.4 Å². The molecule has 0 unspecified atom stereocenters. The van der Waals surface area contributed by atoms with Gasteiger partial charge in [0.1, 0.15) is 0 Å². The number of carbonyl (C=O) groups excluding carboxylic acids is 1. The van der Waals surface area contributed by atoms with Crippen molar-refractivity contribution in [3.63, 3.8) is 0 Å². The maximum atomic E-state index is 12.2. The van der Waals surface area contributed by atoms with Crippen molar-refractivity contribution in [2.45, 2.75) is 51.5 Å². The topological polar surface area (TPSA) is 50.6 Å². The zero-order valence-corrected chi connectivity index (χ0v) is 17.1. The summed E-state index contributed by atoms with van der Waals surface area (Å²) in [5, 5.41) is 4.56. The number of rotatable bonds is 4. The van der Waals surface area contributed by atoms with E-state index in [9.17, 15) is 4.79 Å². The summed E-state index contributed by atoms with van der Waals surface area (Å²) >= 11 is 0. The van der Waals surface area contributed by atoms with Crippen molar-refractivity contribution in [3.05, 3.63) is 52.8 Å². The average Bonchev–Trinajstić information content (AvgIpc) is 3.12. The van der Waals surface area contributed by atoms with Crippen molar-refractivity contribution >= 4 is 5.91 Å². The molecule has 0 N–H and O–H groups in total. The second-order valence-electron chi connectivity index (χ2n) is 8.25. The minimum absolute atomic E-state index is 0.0552. The minimum atomic E-state index is -0.155. The van der Waals surface area contributed by atoms with Crippen LogP contribution in [0.5, 0.6) is 0 Å². The molecule has 150 valence electrons. The molecule has 0 bridgehead atoms. The van der Waals surface area contributed by atoms with Gasteiger partial charge in [0.05, 0.1) is 24.4 Å². The zero-order valence-electron chi connectivity index (χ0n) is 17.1. The second kappa shape index (κ2) is 7.68. The highest BCUT2D eigenvalue weighted by Gasteiger charge is 2.40. The van der Waals surface area contributed by atoms with E-state index in [1.807, 2.05) is 10.7 Å². The van der Waals surface area contributed by atoms with Crippen molar-refractivity contribution in [2.75, 3.05) is 27.2 Å². The van der Waals surface area contributed by atoms with E-state index >= 15 is 0 Å². The fourth-order valence-electron chi connectivity index (χ4n) is 4.31. The summed E-state index contributed by atoms with van der Waals surface area (Å²) < 4.78 is 8.31. The largest absolute Gasteiger partial charge is 0.367 e. The molecule has 28 heavy (non-hydrogen) atoms. The highest BCUT2D eigenvalue weighted by molar-refractivity contribution is 5.92. The van der Waals surface area contributed by atoms with Gasteiger partial charge < -0.3 is 9.64 Å². The van der Waals surface area contributed by atoms with Crippen molar-refractivity contribution in [1.82, 2.24) is 19.6 Å². The van der Waals surface area contributed by atoms with Crippen molar-refractivity contribution in [3.8, 4) is 0 Å². The smallest absolute Gasteiger partial charge is 0.273 e. The van der Waals surface area contributed by atoms with Gasteiger partial charge in [-0.2, -0.15) is 5.10 Å². The summed E-state index contributed by atoms with van der Waals surface area (Å²) in [4.78, 5) is 16.3. The Bertz CT molecular complexity index is 850. The third kappa shape index (κ3) is 3.71. The van der Waals surface area contributed by atoms with E-state index in [-0.39, 0.29) is 11.5 Å². The molecule has 4 rings (SSSR count). The second-order valence-corrected chi connectivity index (χ2v) is 8.25. The molecule has 3 heterocycles. The third-order valence-electron chi connectivity index (χ3n) is 6.11. The summed E-state index contributed by atoms with van der Waals surface area (Å²) in [5.41, 5.74) is 4.23. The maximum absolute atomic E-state index is 12.2. The lowest BCUT2D eigenvalue weighted by Crippen LogP contribution is -2.50. The van der Waals surface area contributed by atoms with Gasteiger partial charge in [0.2, 0.25) is 0 Å². The van der Waals surface area contributed by atoms with Crippen molar-refractivity contribution < 1.29 is 9.53 Å². The first-order valence-electron chi connectivity index (χ1n) is 10.2. The van der Waals surface area contributed by atoms with Crippen LogP contribution in [-0.4, -0.2) is 58.3 Å². The fraction of sp³-hybridized carbons (Fsp3) is 0.545. The number of benzene rings is 1. The minimum Gasteiger partial charge on any atom is -0.367 e. The quantitative estimate of drug-likeness (QED) is 0.816. The van der Waals surface area contributed by atoms with Crippen molar-refractivity contribution in [1.29, 1.82) is 0 Å². The normalized spacial score (nSPS) is 18.8. The third-order valence-corrected chi connectivity index (χ3v) is 6.11. The Labute approximate surface area is 167 Å². The van der Waals surface area contributed by atoms with Gasteiger partial charge >= 0.3 is 0 Å². The van der Waals surface area contributed by atoms with Crippen LogP contribution in [0.2, 0.25) is 0 Å². The van der Waals surface area contributed by atoms with Crippen molar-refractivity contribution in [2.24, 2.45) is 0 Å². The molecule has 6 heteroatoms. The number of carbonyl (C=O) groups is 1. The molecule has 1 aromatic carbocycles. The molecular weight excluding hydrogens is 352 g/mol. The highest BCUT2D eigenvalue weighted by Crippen LogP contribution is 2.34. The number of nitrogens with zero attached hydrogens (tertiary/aromatic N) is 4. The molecule has 0 aliphatic carbocycles. The first kappa shape index (κ1) is 19.2. The molecular formula is C22H30N4O2. The SMILES string of the molecule is CCc1ccccc1CN1CCC2(CC1)Cn1nc(C(=O)N(C)C)cc1CO2. The summed E-state index contributed by atoms with van der Waals surface area (Å²) in [6.45, 7) is 6.55. The Balaban J connectivity index is 1.40. The summed E-state index contributed by atoms with van der Waals surface area (Å²) in [5.74, 6) is -0.0552. The molecule has 1 saturated heterocycles. The van der Waals surface area contributed by atoms with E-state index in [1.165, 1.54) is 11.1 Å². The number of ether oxygens (including phenoxy) is 1. The van der Waals surface area contributed by atoms with Gasteiger partial charge in [0, 0.05) is 33.7 Å². The van der Waals surface area contributed by atoms with E-state index in [0.717, 1.165) is 51.1 Å². The first-order valence-corrected chi connectivity index (χ1v) is 10.2. The van der Waals surface area contributed by atoms with Gasteiger partial charge in [-0.15, -0.1) is 0 Å². The summed E-state index contributed by atoms with van der Waals surface area (Å²) in [7, 11) is 3.51. The van der Waals surface area contributed by atoms with E-state index in [4.69, 9.17) is 4.74 Å². The molecule has 1 fully saturated rings. The van der Waals surface area contributed by atoms with E-state index in [0.29, 0.717) is 12.3 Å². The van der Waals surface area contributed by atoms with Gasteiger partial charge in [-0.05, 0) is 36.5 Å². The first-order chi connectivity index (χ1) is 13.5. The molecule has 0 atom stereocenters. The van der Waals surface area contributed by atoms with Crippen LogP contribution in [0.15, 0.2) is 30.3 Å². The molecule has 2 aliphatic heterocycles. The standard InChI is InChI=1S/C22H30N4O2/c1-4-17-7-5-6-8-18(17)14-25-11-9-22(10-12-25)16-26-19(15-28-22)13-20(23-26)21(27)24(2)3/h5-8,13H,4,9-12,14-16H2,1-3H3. The maximum Gasteiger partial charge on any atom is 0.273 e. The number of likely N-dealkylation sites (tertiary alicyclic amines) is 1. The summed E-state index contributed by atoms with van der Waals surface area (Å²) in [6.07, 6.45) is 3.07. The van der Waals surface area contributed by atoms with Crippen LogP contribution in [0.4, 0.5) is 0 Å². The Morgan fingerprint density at radius 3 is 2.61 bits per heavy atom. The Hall–Kier alpha value is -2.18. The average molecular weight is 383 g/mol. The fourth-order valence-corrected chi connectivity index (χ4v) is 4.31. The van der Waals surface area contributed by atoms with Crippen LogP contribution in [0.1, 0.15) is 47.1 Å². The number of hydrogen-bond acceptors (Lipinski definition) is 4. The number of hydrogen-bond donors (Lipinski definition) is 0. The molecule has 2 aromatic rings. The number of aryl methyl sites for hydroxylation is 1. The molecule has 0 radical (unpaired) electrons. The lowest BCUT2D eigenvalue weighted by Gasteiger charge is -2.44. The monoisotopic (exact) mass is 382 g/mol. The van der Waals surface area contributed by atoms with Crippen LogP contribution >= 0.6 is 0 Å².